The Morgan fingerprint density at radius 1 is 1.00 bits per heavy atom. The minimum absolute atomic E-state index is 0.171. The fraction of sp³-hybridized carbons (Fsp3) is 0.600. The molecule has 1 fully saturated rings. The minimum atomic E-state index is -1.37. The Hall–Kier alpha value is -0.510. The molecule has 0 spiro atoms. The molecular formula is C15H18BrF3. The average molecular weight is 335 g/mol. The monoisotopic (exact) mass is 334 g/mol. The maximum Gasteiger partial charge on any atom is 0.194 e. The van der Waals surface area contributed by atoms with Gasteiger partial charge in [0.1, 0.15) is 0 Å². The quantitative estimate of drug-likeness (QED) is 0.500. The Bertz CT molecular complexity index is 402. The van der Waals surface area contributed by atoms with Crippen molar-refractivity contribution >= 4 is 15.9 Å². The molecule has 0 atom stereocenters. The lowest BCUT2D eigenvalue weighted by molar-refractivity contribution is 0.307. The van der Waals surface area contributed by atoms with E-state index in [1.165, 1.54) is 12.8 Å². The van der Waals surface area contributed by atoms with E-state index in [0.717, 1.165) is 49.1 Å². The number of hydrogen-bond donors (Lipinski definition) is 0. The van der Waals surface area contributed by atoms with E-state index in [1.54, 1.807) is 0 Å². The normalized spacial score (nSPS) is 23.6. The Morgan fingerprint density at radius 2 is 1.58 bits per heavy atom. The Balaban J connectivity index is 1.98. The molecule has 1 aliphatic carbocycles. The van der Waals surface area contributed by atoms with E-state index in [0.29, 0.717) is 5.56 Å². The van der Waals surface area contributed by atoms with Crippen molar-refractivity contribution in [1.82, 2.24) is 0 Å². The Morgan fingerprint density at radius 3 is 2.11 bits per heavy atom. The molecule has 0 amide bonds. The highest BCUT2D eigenvalue weighted by Gasteiger charge is 2.24. The lowest BCUT2D eigenvalue weighted by Crippen LogP contribution is -2.14. The van der Waals surface area contributed by atoms with Gasteiger partial charge in [-0.3, -0.25) is 0 Å². The van der Waals surface area contributed by atoms with Crippen molar-refractivity contribution in [3.8, 4) is 0 Å². The molecular weight excluding hydrogens is 317 g/mol. The molecule has 1 aromatic rings. The fourth-order valence-electron chi connectivity index (χ4n) is 2.96. The van der Waals surface area contributed by atoms with Crippen LogP contribution in [0.4, 0.5) is 13.2 Å². The third kappa shape index (κ3) is 3.74. The highest BCUT2D eigenvalue weighted by molar-refractivity contribution is 9.09. The van der Waals surface area contributed by atoms with Crippen molar-refractivity contribution in [1.29, 1.82) is 0 Å². The first-order valence-electron chi connectivity index (χ1n) is 6.82. The molecule has 0 N–H and O–H groups in total. The smallest absolute Gasteiger partial charge is 0.194 e. The first-order chi connectivity index (χ1) is 9.11. The maximum atomic E-state index is 13.2. The second kappa shape index (κ2) is 6.78. The predicted octanol–water partition coefficient (Wildman–Crippen LogP) is 5.55. The highest BCUT2D eigenvalue weighted by atomic mass is 79.9. The summed E-state index contributed by atoms with van der Waals surface area (Å²) in [6.07, 6.45) is 6.46. The summed E-state index contributed by atoms with van der Waals surface area (Å²) in [5.41, 5.74) is 0.607. The van der Waals surface area contributed by atoms with Crippen molar-refractivity contribution in [2.24, 2.45) is 5.92 Å². The van der Waals surface area contributed by atoms with Crippen LogP contribution < -0.4 is 0 Å². The van der Waals surface area contributed by atoms with Gasteiger partial charge in [0.2, 0.25) is 0 Å². The minimum Gasteiger partial charge on any atom is -0.204 e. The van der Waals surface area contributed by atoms with Crippen molar-refractivity contribution in [3.05, 3.63) is 35.1 Å². The summed E-state index contributed by atoms with van der Waals surface area (Å²) in [6.45, 7) is 0. The van der Waals surface area contributed by atoms with Crippen LogP contribution >= 0.6 is 15.9 Å². The largest absolute Gasteiger partial charge is 0.204 e. The molecule has 2 rings (SSSR count). The molecule has 0 nitrogen and oxygen atoms in total. The van der Waals surface area contributed by atoms with Crippen LogP contribution in [-0.2, 0) is 0 Å². The standard InChI is InChI=1S/C15H18BrF3/c16-7-1-2-10-3-5-11(6-4-10)12-8-13(17)15(19)14(18)9-12/h8-11H,1-7H2/t10-,11-. The number of hydrogen-bond acceptors (Lipinski definition) is 0. The molecule has 0 saturated heterocycles. The summed E-state index contributed by atoms with van der Waals surface area (Å²) in [7, 11) is 0. The van der Waals surface area contributed by atoms with Gasteiger partial charge >= 0.3 is 0 Å². The lowest BCUT2D eigenvalue weighted by atomic mass is 9.77. The van der Waals surface area contributed by atoms with Crippen molar-refractivity contribution in [2.45, 2.75) is 44.4 Å². The molecule has 1 saturated carbocycles. The van der Waals surface area contributed by atoms with Gasteiger partial charge in [0.15, 0.2) is 17.5 Å². The van der Waals surface area contributed by atoms with Gasteiger partial charge in [-0.15, -0.1) is 0 Å². The predicted molar refractivity (Wildman–Crippen MR) is 74.0 cm³/mol. The van der Waals surface area contributed by atoms with Gasteiger partial charge in [-0.2, -0.15) is 0 Å². The van der Waals surface area contributed by atoms with Crippen LogP contribution in [0.1, 0.15) is 50.0 Å². The van der Waals surface area contributed by atoms with Crippen LogP contribution in [0.3, 0.4) is 0 Å². The molecule has 4 heteroatoms. The van der Waals surface area contributed by atoms with E-state index < -0.39 is 17.5 Å². The molecule has 0 heterocycles. The summed E-state index contributed by atoms with van der Waals surface area (Å²) < 4.78 is 39.4. The topological polar surface area (TPSA) is 0 Å². The van der Waals surface area contributed by atoms with Crippen LogP contribution in [-0.4, -0.2) is 5.33 Å². The Labute approximate surface area is 120 Å². The molecule has 0 radical (unpaired) electrons. The van der Waals surface area contributed by atoms with Crippen LogP contribution in [0.15, 0.2) is 12.1 Å². The third-order valence-electron chi connectivity index (χ3n) is 4.07. The van der Waals surface area contributed by atoms with Gasteiger partial charge < -0.3 is 0 Å². The van der Waals surface area contributed by atoms with Gasteiger partial charge in [-0.1, -0.05) is 15.9 Å². The second-order valence-electron chi connectivity index (χ2n) is 5.35. The SMILES string of the molecule is Fc1cc([C@H]2CC[C@H](CCCBr)CC2)cc(F)c1F. The van der Waals surface area contributed by atoms with Crippen LogP contribution in [0, 0.1) is 23.4 Å². The molecule has 19 heavy (non-hydrogen) atoms. The molecule has 1 aliphatic rings. The summed E-state index contributed by atoms with van der Waals surface area (Å²) in [4.78, 5) is 0. The number of halogens is 4. The van der Waals surface area contributed by atoms with E-state index in [4.69, 9.17) is 0 Å². The molecule has 0 unspecified atom stereocenters. The summed E-state index contributed by atoms with van der Waals surface area (Å²) in [5.74, 6) is -2.61. The second-order valence-corrected chi connectivity index (χ2v) is 6.14. The van der Waals surface area contributed by atoms with Crippen molar-refractivity contribution in [2.75, 3.05) is 5.33 Å². The van der Waals surface area contributed by atoms with Gasteiger partial charge in [-0.05, 0) is 68.1 Å². The van der Waals surface area contributed by atoms with E-state index in [2.05, 4.69) is 15.9 Å². The maximum absolute atomic E-state index is 13.2. The van der Waals surface area contributed by atoms with Crippen LogP contribution in [0.2, 0.25) is 0 Å². The zero-order valence-electron chi connectivity index (χ0n) is 10.8. The number of alkyl halides is 1. The van der Waals surface area contributed by atoms with Gasteiger partial charge in [0.25, 0.3) is 0 Å². The third-order valence-corrected chi connectivity index (χ3v) is 4.63. The van der Waals surface area contributed by atoms with E-state index >= 15 is 0 Å². The van der Waals surface area contributed by atoms with Gasteiger partial charge in [-0.25, -0.2) is 13.2 Å². The summed E-state index contributed by atoms with van der Waals surface area (Å²) >= 11 is 3.43. The molecule has 0 aromatic heterocycles. The van der Waals surface area contributed by atoms with Crippen molar-refractivity contribution in [3.63, 3.8) is 0 Å². The first kappa shape index (κ1) is 14.9. The zero-order chi connectivity index (χ0) is 13.8. The molecule has 0 aliphatic heterocycles. The van der Waals surface area contributed by atoms with Crippen molar-refractivity contribution < 1.29 is 13.2 Å². The molecule has 0 bridgehead atoms. The molecule has 1 aromatic carbocycles. The average Bonchev–Trinajstić information content (AvgIpc) is 2.42. The fourth-order valence-corrected chi connectivity index (χ4v) is 3.28. The van der Waals surface area contributed by atoms with Crippen LogP contribution in [0.25, 0.3) is 0 Å². The number of rotatable bonds is 4. The van der Waals surface area contributed by atoms with Gasteiger partial charge in [0, 0.05) is 5.33 Å². The summed E-state index contributed by atoms with van der Waals surface area (Å²) in [5, 5.41) is 1.03. The first-order valence-corrected chi connectivity index (χ1v) is 7.94. The van der Waals surface area contributed by atoms with E-state index in [-0.39, 0.29) is 5.92 Å². The lowest BCUT2D eigenvalue weighted by Gasteiger charge is -2.28. The number of benzene rings is 1. The highest BCUT2D eigenvalue weighted by Crippen LogP contribution is 2.38. The van der Waals surface area contributed by atoms with E-state index in [9.17, 15) is 13.2 Å². The Kier molecular flexibility index (Phi) is 5.31. The van der Waals surface area contributed by atoms with Gasteiger partial charge in [0.05, 0.1) is 0 Å². The molecule has 106 valence electrons. The van der Waals surface area contributed by atoms with Crippen LogP contribution in [0.5, 0.6) is 0 Å². The summed E-state index contributed by atoms with van der Waals surface area (Å²) in [6, 6.07) is 2.31. The zero-order valence-corrected chi connectivity index (χ0v) is 12.4. The van der Waals surface area contributed by atoms with E-state index in [1.807, 2.05) is 0 Å².